The lowest BCUT2D eigenvalue weighted by molar-refractivity contribution is 0.0600. The highest BCUT2D eigenvalue weighted by Crippen LogP contribution is 2.17. The summed E-state index contributed by atoms with van der Waals surface area (Å²) in [6.07, 6.45) is 0.414. The van der Waals surface area contributed by atoms with Gasteiger partial charge in [-0.3, -0.25) is 4.79 Å². The van der Waals surface area contributed by atoms with Gasteiger partial charge in [0.15, 0.2) is 5.78 Å². The predicted octanol–water partition coefficient (Wildman–Crippen LogP) is 2.83. The number of carbonyl (C=O) groups excluding carboxylic acids is 2. The van der Waals surface area contributed by atoms with Gasteiger partial charge in [-0.1, -0.05) is 22.9 Å². The maximum atomic E-state index is 11.5. The molecule has 0 aromatic heterocycles. The van der Waals surface area contributed by atoms with Gasteiger partial charge in [-0.15, -0.1) is 0 Å². The number of halogens is 1. The SMILES string of the molecule is CCC(=O)c1cc(Br)cc(C(=O)OC)c1. The molecule has 0 N–H and O–H groups in total. The summed E-state index contributed by atoms with van der Waals surface area (Å²) in [5.74, 6) is -0.442. The summed E-state index contributed by atoms with van der Waals surface area (Å²) in [5, 5.41) is 0. The van der Waals surface area contributed by atoms with Crippen molar-refractivity contribution in [2.75, 3.05) is 7.11 Å². The van der Waals surface area contributed by atoms with E-state index in [4.69, 9.17) is 0 Å². The first-order valence-corrected chi connectivity index (χ1v) is 5.30. The van der Waals surface area contributed by atoms with E-state index in [2.05, 4.69) is 20.7 Å². The predicted molar refractivity (Wildman–Crippen MR) is 60.1 cm³/mol. The van der Waals surface area contributed by atoms with Crippen molar-refractivity contribution in [3.8, 4) is 0 Å². The van der Waals surface area contributed by atoms with Crippen LogP contribution in [0.1, 0.15) is 34.1 Å². The molecule has 0 atom stereocenters. The number of esters is 1. The van der Waals surface area contributed by atoms with E-state index in [1.807, 2.05) is 0 Å². The monoisotopic (exact) mass is 270 g/mol. The number of carbonyl (C=O) groups is 2. The Bertz CT molecular complexity index is 365. The van der Waals surface area contributed by atoms with Crippen molar-refractivity contribution in [1.29, 1.82) is 0 Å². The molecule has 3 nitrogen and oxygen atoms in total. The van der Waals surface area contributed by atoms with Crippen LogP contribution in [0.4, 0.5) is 0 Å². The molecule has 0 saturated heterocycles. The minimum Gasteiger partial charge on any atom is -0.465 e. The molecule has 0 aliphatic heterocycles. The number of Topliss-reactive ketones (excluding diaryl/α,β-unsaturated/α-hetero) is 1. The van der Waals surface area contributed by atoms with Crippen LogP contribution in [0.5, 0.6) is 0 Å². The fourth-order valence-corrected chi connectivity index (χ4v) is 1.68. The van der Waals surface area contributed by atoms with E-state index >= 15 is 0 Å². The zero-order valence-corrected chi connectivity index (χ0v) is 10.1. The molecule has 0 fully saturated rings. The first-order chi connectivity index (χ1) is 7.08. The molecule has 0 unspecified atom stereocenters. The standard InChI is InChI=1S/C11H11BrO3/c1-3-10(13)7-4-8(11(14)15-2)6-9(12)5-7/h4-6H,3H2,1-2H3. The second-order valence-corrected chi connectivity index (χ2v) is 3.91. The van der Waals surface area contributed by atoms with Crippen LogP contribution in [-0.4, -0.2) is 18.9 Å². The Balaban J connectivity index is 3.16. The van der Waals surface area contributed by atoms with E-state index in [1.165, 1.54) is 7.11 Å². The van der Waals surface area contributed by atoms with Gasteiger partial charge in [0, 0.05) is 16.5 Å². The van der Waals surface area contributed by atoms with Gasteiger partial charge in [0.25, 0.3) is 0 Å². The molecule has 0 saturated carbocycles. The van der Waals surface area contributed by atoms with Gasteiger partial charge in [0.05, 0.1) is 12.7 Å². The number of methoxy groups -OCH3 is 1. The smallest absolute Gasteiger partial charge is 0.337 e. The van der Waals surface area contributed by atoms with Gasteiger partial charge < -0.3 is 4.74 Å². The van der Waals surface area contributed by atoms with Crippen LogP contribution in [0.25, 0.3) is 0 Å². The van der Waals surface area contributed by atoms with Crippen LogP contribution in [0.2, 0.25) is 0 Å². The zero-order valence-electron chi connectivity index (χ0n) is 8.54. The highest BCUT2D eigenvalue weighted by atomic mass is 79.9. The number of rotatable bonds is 3. The molecule has 0 radical (unpaired) electrons. The Hall–Kier alpha value is -1.16. The van der Waals surface area contributed by atoms with Gasteiger partial charge in [-0.2, -0.15) is 0 Å². The summed E-state index contributed by atoms with van der Waals surface area (Å²) < 4.78 is 5.29. The van der Waals surface area contributed by atoms with Gasteiger partial charge in [0.2, 0.25) is 0 Å². The Morgan fingerprint density at radius 1 is 1.27 bits per heavy atom. The average molecular weight is 271 g/mol. The van der Waals surface area contributed by atoms with E-state index in [0.29, 0.717) is 22.0 Å². The number of hydrogen-bond donors (Lipinski definition) is 0. The molecular weight excluding hydrogens is 260 g/mol. The molecule has 1 rings (SSSR count). The van der Waals surface area contributed by atoms with Crippen molar-refractivity contribution in [3.63, 3.8) is 0 Å². The van der Waals surface area contributed by atoms with E-state index in [0.717, 1.165) is 0 Å². The summed E-state index contributed by atoms with van der Waals surface area (Å²) in [4.78, 5) is 22.7. The fraction of sp³-hybridized carbons (Fsp3) is 0.273. The van der Waals surface area contributed by atoms with E-state index in [1.54, 1.807) is 25.1 Å². The molecule has 1 aromatic rings. The molecule has 0 heterocycles. The number of ketones is 1. The molecular formula is C11H11BrO3. The molecule has 80 valence electrons. The van der Waals surface area contributed by atoms with E-state index < -0.39 is 5.97 Å². The lowest BCUT2D eigenvalue weighted by atomic mass is 10.1. The second-order valence-electron chi connectivity index (χ2n) is 3.00. The summed E-state index contributed by atoms with van der Waals surface area (Å²) in [7, 11) is 1.31. The topological polar surface area (TPSA) is 43.4 Å². The van der Waals surface area contributed by atoms with Crippen LogP contribution in [0.15, 0.2) is 22.7 Å². The molecule has 0 aliphatic carbocycles. The van der Waals surface area contributed by atoms with E-state index in [-0.39, 0.29) is 5.78 Å². The normalized spacial score (nSPS) is 9.80. The van der Waals surface area contributed by atoms with Gasteiger partial charge in [-0.25, -0.2) is 4.79 Å². The summed E-state index contributed by atoms with van der Waals surface area (Å²) in [6, 6.07) is 4.86. The second kappa shape index (κ2) is 5.07. The quantitative estimate of drug-likeness (QED) is 0.627. The van der Waals surface area contributed by atoms with Crippen LogP contribution in [-0.2, 0) is 4.74 Å². The fourth-order valence-electron chi connectivity index (χ4n) is 1.19. The minimum atomic E-state index is -0.443. The maximum Gasteiger partial charge on any atom is 0.337 e. The van der Waals surface area contributed by atoms with Crippen molar-refractivity contribution in [3.05, 3.63) is 33.8 Å². The van der Waals surface area contributed by atoms with Crippen molar-refractivity contribution in [1.82, 2.24) is 0 Å². The maximum absolute atomic E-state index is 11.5. The van der Waals surface area contributed by atoms with Gasteiger partial charge >= 0.3 is 5.97 Å². The zero-order chi connectivity index (χ0) is 11.4. The number of benzene rings is 1. The van der Waals surface area contributed by atoms with Crippen LogP contribution >= 0.6 is 15.9 Å². The van der Waals surface area contributed by atoms with Crippen molar-refractivity contribution in [2.45, 2.75) is 13.3 Å². The van der Waals surface area contributed by atoms with Gasteiger partial charge in [0.1, 0.15) is 0 Å². The highest BCUT2D eigenvalue weighted by Gasteiger charge is 2.11. The first-order valence-electron chi connectivity index (χ1n) is 4.50. The Kier molecular flexibility index (Phi) is 4.03. The average Bonchev–Trinajstić information content (AvgIpc) is 2.26. The van der Waals surface area contributed by atoms with Gasteiger partial charge in [-0.05, 0) is 18.2 Å². The van der Waals surface area contributed by atoms with Crippen LogP contribution in [0, 0.1) is 0 Å². The third kappa shape index (κ3) is 2.89. The first kappa shape index (κ1) is 11.9. The van der Waals surface area contributed by atoms with E-state index in [9.17, 15) is 9.59 Å². The highest BCUT2D eigenvalue weighted by molar-refractivity contribution is 9.10. The van der Waals surface area contributed by atoms with Crippen molar-refractivity contribution in [2.24, 2.45) is 0 Å². The Labute approximate surface area is 96.6 Å². The van der Waals surface area contributed by atoms with Crippen LogP contribution in [0.3, 0.4) is 0 Å². The van der Waals surface area contributed by atoms with Crippen molar-refractivity contribution >= 4 is 27.7 Å². The molecule has 4 heteroatoms. The third-order valence-corrected chi connectivity index (χ3v) is 2.42. The number of hydrogen-bond acceptors (Lipinski definition) is 3. The van der Waals surface area contributed by atoms with Crippen molar-refractivity contribution < 1.29 is 14.3 Å². The Morgan fingerprint density at radius 2 is 1.87 bits per heavy atom. The molecule has 0 bridgehead atoms. The summed E-state index contributed by atoms with van der Waals surface area (Å²) >= 11 is 3.25. The minimum absolute atomic E-state index is 0.00135. The molecule has 0 amide bonds. The third-order valence-electron chi connectivity index (χ3n) is 1.96. The molecule has 0 aliphatic rings. The summed E-state index contributed by atoms with van der Waals surface area (Å²) in [5.41, 5.74) is 0.899. The molecule has 15 heavy (non-hydrogen) atoms. The molecule has 1 aromatic carbocycles. The van der Waals surface area contributed by atoms with Crippen LogP contribution < -0.4 is 0 Å². The Morgan fingerprint density at radius 3 is 2.40 bits per heavy atom. The molecule has 0 spiro atoms. The number of ether oxygens (including phenoxy) is 1. The largest absolute Gasteiger partial charge is 0.465 e. The lowest BCUT2D eigenvalue weighted by Crippen LogP contribution is -2.04. The summed E-state index contributed by atoms with van der Waals surface area (Å²) in [6.45, 7) is 1.78. The lowest BCUT2D eigenvalue weighted by Gasteiger charge is -2.03.